The zero-order chi connectivity index (χ0) is 26.2. The number of nitrogens with zero attached hydrogens (tertiary/aromatic N) is 6. The highest BCUT2D eigenvalue weighted by Gasteiger charge is 2.21. The van der Waals surface area contributed by atoms with E-state index in [2.05, 4.69) is 19.9 Å². The maximum Gasteiger partial charge on any atom is 0.338 e. The van der Waals surface area contributed by atoms with Gasteiger partial charge in [-0.1, -0.05) is 0 Å². The van der Waals surface area contributed by atoms with Gasteiger partial charge >= 0.3 is 5.69 Å². The summed E-state index contributed by atoms with van der Waals surface area (Å²) in [5.74, 6) is -0.357. The Bertz CT molecular complexity index is 1570. The van der Waals surface area contributed by atoms with Gasteiger partial charge in [0.2, 0.25) is 5.88 Å². The molecule has 4 aromatic heterocycles. The largest absolute Gasteiger partial charge is 0.472 e. The molecule has 0 fully saturated rings. The number of pyridine rings is 2. The highest BCUT2D eigenvalue weighted by molar-refractivity contribution is 5.59. The summed E-state index contributed by atoms with van der Waals surface area (Å²) in [6.45, 7) is 6.31. The summed E-state index contributed by atoms with van der Waals surface area (Å²) in [6.07, 6.45) is 4.53. The van der Waals surface area contributed by atoms with Gasteiger partial charge in [-0.15, -0.1) is 0 Å². The van der Waals surface area contributed by atoms with Crippen LogP contribution in [0.1, 0.15) is 36.5 Å². The smallest absolute Gasteiger partial charge is 0.338 e. The minimum Gasteiger partial charge on any atom is -0.472 e. The topological polar surface area (TPSA) is 125 Å². The van der Waals surface area contributed by atoms with Crippen molar-refractivity contribution in [1.82, 2.24) is 29.1 Å². The van der Waals surface area contributed by atoms with Gasteiger partial charge in [-0.05, 0) is 57.0 Å². The number of hydrogen-bond donors (Lipinski definition) is 1. The minimum absolute atomic E-state index is 0.0272. The van der Waals surface area contributed by atoms with Crippen LogP contribution in [0.5, 0.6) is 5.88 Å². The van der Waals surface area contributed by atoms with Crippen molar-refractivity contribution in [1.29, 1.82) is 0 Å². The lowest BCUT2D eigenvalue weighted by Gasteiger charge is -2.16. The summed E-state index contributed by atoms with van der Waals surface area (Å²) < 4.78 is 21.8. The average Bonchev–Trinajstić information content (AvgIpc) is 2.82. The SMILES string of the molecule is Cc1cnc(COc2cc(=O)n(-c3cc(-c4ccnc(C(C)(C)O)n4)ncc3C)c(=O)n2C)c(F)c1. The van der Waals surface area contributed by atoms with E-state index in [1.54, 1.807) is 39.8 Å². The molecule has 10 nitrogen and oxygen atoms in total. The molecule has 4 heterocycles. The van der Waals surface area contributed by atoms with Crippen LogP contribution < -0.4 is 16.0 Å². The van der Waals surface area contributed by atoms with E-state index in [0.717, 1.165) is 15.2 Å². The van der Waals surface area contributed by atoms with Crippen molar-refractivity contribution in [3.63, 3.8) is 0 Å². The molecule has 0 aliphatic heterocycles. The van der Waals surface area contributed by atoms with Crippen LogP contribution in [-0.2, 0) is 19.3 Å². The summed E-state index contributed by atoms with van der Waals surface area (Å²) in [6, 6.07) is 5.67. The lowest BCUT2D eigenvalue weighted by molar-refractivity contribution is 0.0688. The predicted octanol–water partition coefficient (Wildman–Crippen LogP) is 2.35. The van der Waals surface area contributed by atoms with Crippen molar-refractivity contribution in [2.75, 3.05) is 0 Å². The second kappa shape index (κ2) is 9.42. The summed E-state index contributed by atoms with van der Waals surface area (Å²) in [7, 11) is 1.45. The molecule has 0 saturated heterocycles. The third-order valence-corrected chi connectivity index (χ3v) is 5.47. The highest BCUT2D eigenvalue weighted by Crippen LogP contribution is 2.22. The van der Waals surface area contributed by atoms with Crippen LogP contribution in [0.4, 0.5) is 4.39 Å². The lowest BCUT2D eigenvalue weighted by Crippen LogP contribution is -2.38. The first-order chi connectivity index (χ1) is 17.0. The van der Waals surface area contributed by atoms with E-state index in [0.29, 0.717) is 28.2 Å². The molecule has 0 spiro atoms. The molecule has 0 bridgehead atoms. The van der Waals surface area contributed by atoms with E-state index in [1.165, 1.54) is 31.7 Å². The Morgan fingerprint density at radius 2 is 1.81 bits per heavy atom. The second-order valence-corrected chi connectivity index (χ2v) is 8.91. The minimum atomic E-state index is -1.26. The van der Waals surface area contributed by atoms with Crippen LogP contribution in [0.25, 0.3) is 17.1 Å². The quantitative estimate of drug-likeness (QED) is 0.435. The van der Waals surface area contributed by atoms with Crippen molar-refractivity contribution < 1.29 is 14.2 Å². The number of hydrogen-bond acceptors (Lipinski definition) is 8. The number of rotatable bonds is 6. The zero-order valence-electron chi connectivity index (χ0n) is 20.5. The van der Waals surface area contributed by atoms with Crippen LogP contribution in [0.15, 0.2) is 52.4 Å². The molecule has 0 radical (unpaired) electrons. The molecule has 36 heavy (non-hydrogen) atoms. The number of aliphatic hydroxyl groups is 1. The number of halogens is 1. The van der Waals surface area contributed by atoms with Crippen molar-refractivity contribution in [2.24, 2.45) is 7.05 Å². The Balaban J connectivity index is 1.73. The Morgan fingerprint density at radius 1 is 1.06 bits per heavy atom. The molecule has 186 valence electrons. The van der Waals surface area contributed by atoms with E-state index in [9.17, 15) is 19.1 Å². The van der Waals surface area contributed by atoms with Gasteiger partial charge in [0.1, 0.15) is 23.7 Å². The third kappa shape index (κ3) is 4.91. The second-order valence-electron chi connectivity index (χ2n) is 8.91. The van der Waals surface area contributed by atoms with Gasteiger partial charge in [-0.3, -0.25) is 19.3 Å². The Kier molecular flexibility index (Phi) is 6.51. The molecule has 0 aliphatic carbocycles. The van der Waals surface area contributed by atoms with Gasteiger partial charge in [0.25, 0.3) is 5.56 Å². The van der Waals surface area contributed by atoms with E-state index in [-0.39, 0.29) is 24.0 Å². The maximum atomic E-state index is 14.1. The standard InChI is InChI=1S/C25H25FN6O4/c1-14-8-16(26)19(28-11-14)13-36-22-10-21(33)32(24(34)31(22)5)20-9-18(29-12-15(20)2)17-6-7-27-23(30-17)25(3,4)35/h6-12,35H,13H2,1-5H3. The Labute approximate surface area is 205 Å². The van der Waals surface area contributed by atoms with Gasteiger partial charge in [0, 0.05) is 25.6 Å². The molecule has 0 unspecified atom stereocenters. The van der Waals surface area contributed by atoms with Crippen molar-refractivity contribution in [3.8, 4) is 23.0 Å². The fourth-order valence-electron chi connectivity index (χ4n) is 3.47. The first-order valence-electron chi connectivity index (χ1n) is 11.1. The van der Waals surface area contributed by atoms with Gasteiger partial charge in [-0.25, -0.2) is 23.7 Å². The molecule has 0 aromatic carbocycles. The van der Waals surface area contributed by atoms with Gasteiger partial charge in [0.15, 0.2) is 5.82 Å². The number of aryl methyl sites for hydroxylation is 2. The first-order valence-corrected chi connectivity index (χ1v) is 11.1. The first kappa shape index (κ1) is 24.9. The summed E-state index contributed by atoms with van der Waals surface area (Å²) >= 11 is 0. The maximum absolute atomic E-state index is 14.1. The summed E-state index contributed by atoms with van der Waals surface area (Å²) in [4.78, 5) is 43.1. The highest BCUT2D eigenvalue weighted by atomic mass is 19.1. The molecule has 11 heteroatoms. The van der Waals surface area contributed by atoms with E-state index >= 15 is 0 Å². The Hall–Kier alpha value is -4.25. The lowest BCUT2D eigenvalue weighted by atomic mass is 10.1. The van der Waals surface area contributed by atoms with Crippen molar-refractivity contribution >= 4 is 0 Å². The van der Waals surface area contributed by atoms with Crippen LogP contribution in [0.3, 0.4) is 0 Å². The summed E-state index contributed by atoms with van der Waals surface area (Å²) in [5.41, 5.74) is -0.136. The predicted molar refractivity (Wildman–Crippen MR) is 129 cm³/mol. The van der Waals surface area contributed by atoms with Gasteiger partial charge < -0.3 is 9.84 Å². The number of aromatic nitrogens is 6. The molecule has 0 atom stereocenters. The van der Waals surface area contributed by atoms with E-state index in [1.807, 2.05) is 0 Å². The molecular weight excluding hydrogens is 467 g/mol. The monoisotopic (exact) mass is 492 g/mol. The zero-order valence-corrected chi connectivity index (χ0v) is 20.5. The summed E-state index contributed by atoms with van der Waals surface area (Å²) in [5, 5.41) is 10.2. The van der Waals surface area contributed by atoms with E-state index in [4.69, 9.17) is 4.74 Å². The normalized spacial score (nSPS) is 11.5. The van der Waals surface area contributed by atoms with E-state index < -0.39 is 22.7 Å². The molecule has 4 rings (SSSR count). The van der Waals surface area contributed by atoms with Gasteiger partial charge in [-0.2, -0.15) is 0 Å². The van der Waals surface area contributed by atoms with Crippen molar-refractivity contribution in [3.05, 3.63) is 92.2 Å². The molecular formula is C25H25FN6O4. The fourth-order valence-corrected chi connectivity index (χ4v) is 3.47. The number of ether oxygens (including phenoxy) is 1. The molecule has 4 aromatic rings. The molecule has 1 N–H and O–H groups in total. The van der Waals surface area contributed by atoms with Gasteiger partial charge in [0.05, 0.1) is 23.1 Å². The Morgan fingerprint density at radius 3 is 2.50 bits per heavy atom. The van der Waals surface area contributed by atoms with Crippen LogP contribution in [0.2, 0.25) is 0 Å². The molecule has 0 amide bonds. The van der Waals surface area contributed by atoms with Crippen LogP contribution >= 0.6 is 0 Å². The third-order valence-electron chi connectivity index (χ3n) is 5.47. The molecule has 0 saturated carbocycles. The molecule has 0 aliphatic rings. The fraction of sp³-hybridized carbons (Fsp3) is 0.280. The average molecular weight is 493 g/mol. The van der Waals surface area contributed by atoms with Crippen molar-refractivity contribution in [2.45, 2.75) is 39.9 Å². The van der Waals surface area contributed by atoms with Crippen LogP contribution in [-0.4, -0.2) is 34.2 Å². The van der Waals surface area contributed by atoms with Crippen LogP contribution in [0, 0.1) is 19.7 Å².